The van der Waals surface area contributed by atoms with Gasteiger partial charge in [-0.05, 0) is 49.2 Å². The van der Waals surface area contributed by atoms with Crippen LogP contribution in [0.4, 0.5) is 17.1 Å². The van der Waals surface area contributed by atoms with E-state index in [9.17, 15) is 10.4 Å². The van der Waals surface area contributed by atoms with Crippen molar-refractivity contribution in [1.82, 2.24) is 0 Å². The number of aliphatic imine (C=N–C) groups is 1. The number of rotatable bonds is 3. The van der Waals surface area contributed by atoms with Gasteiger partial charge in [-0.2, -0.15) is 5.23 Å². The Morgan fingerprint density at radius 1 is 1.03 bits per heavy atom. The molecule has 0 radical (unpaired) electrons. The summed E-state index contributed by atoms with van der Waals surface area (Å²) in [5.74, 6) is 0.633. The van der Waals surface area contributed by atoms with Crippen molar-refractivity contribution in [2.45, 2.75) is 26.0 Å². The van der Waals surface area contributed by atoms with E-state index in [1.54, 1.807) is 24.3 Å². The quantitative estimate of drug-likeness (QED) is 0.638. The fourth-order valence-electron chi connectivity index (χ4n) is 4.08. The molecule has 0 fully saturated rings. The molecule has 5 rings (SSSR count). The molecule has 0 aliphatic carbocycles. The monoisotopic (exact) mass is 414 g/mol. The van der Waals surface area contributed by atoms with E-state index >= 15 is 0 Å². The van der Waals surface area contributed by atoms with E-state index in [4.69, 9.17) is 9.83 Å². The first kappa shape index (κ1) is 19.4. The van der Waals surface area contributed by atoms with Crippen molar-refractivity contribution in [3.8, 4) is 0 Å². The first-order valence-corrected chi connectivity index (χ1v) is 10.1. The van der Waals surface area contributed by atoms with Gasteiger partial charge < -0.3 is 10.0 Å². The van der Waals surface area contributed by atoms with Crippen molar-refractivity contribution in [3.63, 3.8) is 0 Å². The molecule has 0 amide bonds. The third-order valence-corrected chi connectivity index (χ3v) is 5.63. The van der Waals surface area contributed by atoms with Gasteiger partial charge in [0.15, 0.2) is 11.5 Å². The average Bonchev–Trinajstić information content (AvgIpc) is 3.04. The van der Waals surface area contributed by atoms with E-state index in [1.807, 2.05) is 44.2 Å². The Labute approximate surface area is 180 Å². The van der Waals surface area contributed by atoms with Crippen LogP contribution in [0.25, 0.3) is 0 Å². The second-order valence-corrected chi connectivity index (χ2v) is 7.99. The van der Waals surface area contributed by atoms with Crippen LogP contribution >= 0.6 is 0 Å². The van der Waals surface area contributed by atoms with Gasteiger partial charge in [-0.1, -0.05) is 41.6 Å². The summed E-state index contributed by atoms with van der Waals surface area (Å²) in [6.45, 7) is 4.05. The van der Waals surface area contributed by atoms with E-state index in [-0.39, 0.29) is 5.69 Å². The minimum Gasteiger partial charge on any atom is -0.595 e. The number of benzene rings is 3. The van der Waals surface area contributed by atoms with E-state index in [1.165, 1.54) is 0 Å². The van der Waals surface area contributed by atoms with Crippen molar-refractivity contribution in [1.29, 1.82) is 0 Å². The molecule has 3 aromatic carbocycles. The van der Waals surface area contributed by atoms with Crippen LogP contribution in [0.3, 0.4) is 0 Å². The number of aryl methyl sites for hydroxylation is 1. The average molecular weight is 414 g/mol. The van der Waals surface area contributed by atoms with Crippen molar-refractivity contribution < 1.29 is 15.3 Å². The lowest BCUT2D eigenvalue weighted by Gasteiger charge is -2.33. The molecule has 7 heteroatoms. The molecule has 156 valence electrons. The largest absolute Gasteiger partial charge is 0.595 e. The molecular weight excluding hydrogens is 392 g/mol. The Kier molecular flexibility index (Phi) is 4.59. The predicted molar refractivity (Wildman–Crippen MR) is 119 cm³/mol. The maximum Gasteiger partial charge on any atom is 0.218 e. The van der Waals surface area contributed by atoms with E-state index in [0.717, 1.165) is 33.8 Å². The Balaban J connectivity index is 1.62. The van der Waals surface area contributed by atoms with Gasteiger partial charge in [0.25, 0.3) is 0 Å². The first-order chi connectivity index (χ1) is 14.9. The van der Waals surface area contributed by atoms with Crippen molar-refractivity contribution in [3.05, 3.63) is 94.7 Å². The number of oxime groups is 1. The summed E-state index contributed by atoms with van der Waals surface area (Å²) in [4.78, 5) is 13.1. The molecule has 0 saturated carbocycles. The number of hydrogen-bond acceptors (Lipinski definition) is 6. The van der Waals surface area contributed by atoms with E-state index in [0.29, 0.717) is 12.3 Å². The van der Waals surface area contributed by atoms with Crippen LogP contribution in [0.2, 0.25) is 0 Å². The third-order valence-electron chi connectivity index (χ3n) is 5.63. The highest BCUT2D eigenvalue weighted by Gasteiger charge is 2.46. The van der Waals surface area contributed by atoms with Gasteiger partial charge in [-0.15, -0.1) is 0 Å². The molecule has 0 aromatic heterocycles. The SMILES string of the molecule is Cc1ccc2c(c1)N=C(c1ccccc1)C[C@@]1(C)ON=C(c3ccc([NH+]([O-])O)cc3)N21. The van der Waals surface area contributed by atoms with E-state index < -0.39 is 11.0 Å². The van der Waals surface area contributed by atoms with Crippen molar-refractivity contribution >= 4 is 28.6 Å². The van der Waals surface area contributed by atoms with Gasteiger partial charge in [0, 0.05) is 17.7 Å². The number of fused-ring (bicyclic) bond motifs is 3. The summed E-state index contributed by atoms with van der Waals surface area (Å²) in [7, 11) is 0. The van der Waals surface area contributed by atoms with Gasteiger partial charge in [0.1, 0.15) is 0 Å². The number of hydrogen-bond donors (Lipinski definition) is 2. The van der Waals surface area contributed by atoms with Gasteiger partial charge in [-0.3, -0.25) is 9.89 Å². The Hall–Kier alpha value is -3.52. The summed E-state index contributed by atoms with van der Waals surface area (Å²) < 4.78 is 0. The molecule has 0 spiro atoms. The van der Waals surface area contributed by atoms with Crippen LogP contribution in [0.5, 0.6) is 0 Å². The van der Waals surface area contributed by atoms with Crippen LogP contribution < -0.4 is 10.1 Å². The summed E-state index contributed by atoms with van der Waals surface area (Å²) in [5.41, 5.74) is 5.08. The van der Waals surface area contributed by atoms with Gasteiger partial charge in [0.2, 0.25) is 5.72 Å². The minimum absolute atomic E-state index is 0.229. The zero-order valence-electron chi connectivity index (χ0n) is 17.2. The van der Waals surface area contributed by atoms with Gasteiger partial charge >= 0.3 is 0 Å². The normalized spacial score (nSPS) is 20.7. The number of amidine groups is 1. The molecular formula is C24H22N4O3. The summed E-state index contributed by atoms with van der Waals surface area (Å²) in [6, 6.07) is 22.9. The highest BCUT2D eigenvalue weighted by atomic mass is 16.8. The van der Waals surface area contributed by atoms with Gasteiger partial charge in [-0.25, -0.2) is 5.21 Å². The standard InChI is InChI=1S/C24H22N4O3/c1-16-8-13-22-20(14-16)25-21(17-6-4-3-5-7-17)15-24(2)27(22)23(26-31-24)18-9-11-19(12-10-18)28(29)30/h3-14,28-29H,15H2,1-2H3/t24-/m1/s1. The summed E-state index contributed by atoms with van der Waals surface area (Å²) >= 11 is 0. The molecule has 0 saturated heterocycles. The molecule has 2 aliphatic rings. The number of quaternary nitrogens is 1. The molecule has 2 atom stereocenters. The lowest BCUT2D eigenvalue weighted by atomic mass is 9.99. The molecule has 2 heterocycles. The Morgan fingerprint density at radius 2 is 1.77 bits per heavy atom. The second-order valence-electron chi connectivity index (χ2n) is 7.99. The number of nitrogens with zero attached hydrogens (tertiary/aromatic N) is 3. The molecule has 3 aromatic rings. The first-order valence-electron chi connectivity index (χ1n) is 10.1. The molecule has 31 heavy (non-hydrogen) atoms. The highest BCUT2D eigenvalue weighted by Crippen LogP contribution is 2.44. The summed E-state index contributed by atoms with van der Waals surface area (Å²) in [6.07, 6.45) is 0.533. The lowest BCUT2D eigenvalue weighted by molar-refractivity contribution is -0.991. The predicted octanol–water partition coefficient (Wildman–Crippen LogP) is 3.84. The maximum atomic E-state index is 11.2. The van der Waals surface area contributed by atoms with Crippen LogP contribution in [0.15, 0.2) is 82.9 Å². The summed E-state index contributed by atoms with van der Waals surface area (Å²) in [5, 5.41) is 23.9. The van der Waals surface area contributed by atoms with Crippen molar-refractivity contribution in [2.24, 2.45) is 10.1 Å². The van der Waals surface area contributed by atoms with Crippen LogP contribution in [0.1, 0.15) is 30.0 Å². The van der Waals surface area contributed by atoms with Crippen LogP contribution in [-0.2, 0) is 4.84 Å². The zero-order valence-corrected chi connectivity index (χ0v) is 17.2. The third kappa shape index (κ3) is 3.38. The minimum atomic E-state index is -0.961. The van der Waals surface area contributed by atoms with Crippen molar-refractivity contribution in [2.75, 3.05) is 4.90 Å². The fraction of sp³-hybridized carbons (Fsp3) is 0.167. The van der Waals surface area contributed by atoms with Gasteiger partial charge in [0.05, 0.1) is 23.5 Å². The highest BCUT2D eigenvalue weighted by molar-refractivity contribution is 6.15. The molecule has 2 aliphatic heterocycles. The Morgan fingerprint density at radius 3 is 2.48 bits per heavy atom. The molecule has 1 unspecified atom stereocenters. The molecule has 7 nitrogen and oxygen atoms in total. The van der Waals surface area contributed by atoms with E-state index in [2.05, 4.69) is 28.3 Å². The maximum absolute atomic E-state index is 11.2. The lowest BCUT2D eigenvalue weighted by Crippen LogP contribution is -2.99. The second kappa shape index (κ2) is 7.31. The number of anilines is 1. The molecule has 0 bridgehead atoms. The molecule has 2 N–H and O–H groups in total. The number of nitrogens with one attached hydrogen (secondary N) is 1. The zero-order chi connectivity index (χ0) is 21.6. The topological polar surface area (TPSA) is 84.9 Å². The van der Waals surface area contributed by atoms with Crippen LogP contribution in [-0.4, -0.2) is 22.5 Å². The van der Waals surface area contributed by atoms with Crippen LogP contribution in [0, 0.1) is 12.1 Å². The Bertz CT molecular complexity index is 1190. The smallest absolute Gasteiger partial charge is 0.218 e. The fourth-order valence-corrected chi connectivity index (χ4v) is 4.08.